The molecule has 1 aromatic heterocycles. The number of amides is 1. The summed E-state index contributed by atoms with van der Waals surface area (Å²) in [5, 5.41) is 11.5. The van der Waals surface area contributed by atoms with Crippen LogP contribution in [-0.2, 0) is 17.6 Å². The summed E-state index contributed by atoms with van der Waals surface area (Å²) < 4.78 is 10.8. The van der Waals surface area contributed by atoms with E-state index in [1.165, 1.54) is 17.3 Å². The lowest BCUT2D eigenvalue weighted by Gasteiger charge is -2.13. The topological polar surface area (TPSA) is 77.2 Å². The van der Waals surface area contributed by atoms with Crippen molar-refractivity contribution in [2.75, 3.05) is 12.9 Å². The van der Waals surface area contributed by atoms with Gasteiger partial charge in [-0.3, -0.25) is 4.79 Å². The van der Waals surface area contributed by atoms with Crippen molar-refractivity contribution in [3.63, 3.8) is 0 Å². The molecule has 0 fully saturated rings. The Morgan fingerprint density at radius 1 is 1.10 bits per heavy atom. The monoisotopic (exact) mass is 411 g/mol. The molecule has 7 heteroatoms. The Labute approximate surface area is 175 Å². The molecule has 29 heavy (non-hydrogen) atoms. The summed E-state index contributed by atoms with van der Waals surface area (Å²) in [7, 11) is 1.66. The Kier molecular flexibility index (Phi) is 7.69. The predicted octanol–water partition coefficient (Wildman–Crippen LogP) is 4.22. The zero-order valence-corrected chi connectivity index (χ0v) is 17.4. The van der Waals surface area contributed by atoms with Crippen molar-refractivity contribution >= 4 is 17.7 Å². The maximum atomic E-state index is 12.2. The second kappa shape index (κ2) is 10.7. The lowest BCUT2D eigenvalue weighted by molar-refractivity contribution is -0.119. The molecule has 0 aliphatic carbocycles. The first-order chi connectivity index (χ1) is 14.1. The third-order valence-electron chi connectivity index (χ3n) is 4.47. The van der Waals surface area contributed by atoms with Gasteiger partial charge >= 0.3 is 0 Å². The maximum Gasteiger partial charge on any atom is 0.277 e. The Bertz CT molecular complexity index is 897. The summed E-state index contributed by atoms with van der Waals surface area (Å²) in [6, 6.07) is 17.9. The summed E-state index contributed by atoms with van der Waals surface area (Å²) in [5.74, 6) is 1.63. The van der Waals surface area contributed by atoms with Crippen LogP contribution in [0.3, 0.4) is 0 Å². The van der Waals surface area contributed by atoms with Gasteiger partial charge < -0.3 is 14.5 Å². The molecule has 1 heterocycles. The van der Waals surface area contributed by atoms with Crippen LogP contribution in [0.4, 0.5) is 0 Å². The number of thioether (sulfide) groups is 1. The van der Waals surface area contributed by atoms with E-state index in [9.17, 15) is 4.79 Å². The van der Waals surface area contributed by atoms with Gasteiger partial charge in [0.05, 0.1) is 18.9 Å². The number of hydrogen-bond acceptors (Lipinski definition) is 6. The minimum atomic E-state index is -0.0643. The van der Waals surface area contributed by atoms with Gasteiger partial charge in [0.1, 0.15) is 5.75 Å². The van der Waals surface area contributed by atoms with Crippen molar-refractivity contribution in [2.24, 2.45) is 0 Å². The molecule has 0 saturated carbocycles. The molecular formula is C22H25N3O3S. The molecule has 6 nitrogen and oxygen atoms in total. The summed E-state index contributed by atoms with van der Waals surface area (Å²) in [6.07, 6.45) is 2.54. The van der Waals surface area contributed by atoms with Gasteiger partial charge in [0, 0.05) is 6.42 Å². The fourth-order valence-electron chi connectivity index (χ4n) is 2.87. The van der Waals surface area contributed by atoms with Gasteiger partial charge in [-0.1, -0.05) is 54.2 Å². The Morgan fingerprint density at radius 2 is 1.86 bits per heavy atom. The number of nitrogens with one attached hydrogen (secondary N) is 1. The van der Waals surface area contributed by atoms with Crippen LogP contribution in [0.15, 0.2) is 64.2 Å². The molecule has 3 aromatic rings. The summed E-state index contributed by atoms with van der Waals surface area (Å²) in [6.45, 7) is 1.96. The van der Waals surface area contributed by atoms with Crippen LogP contribution < -0.4 is 10.1 Å². The molecule has 0 radical (unpaired) electrons. The maximum absolute atomic E-state index is 12.2. The summed E-state index contributed by atoms with van der Waals surface area (Å²) >= 11 is 1.25. The number of carbonyl (C=O) groups is 1. The molecule has 3 rings (SSSR count). The normalized spacial score (nSPS) is 11.8. The van der Waals surface area contributed by atoms with Gasteiger partial charge in [0.2, 0.25) is 11.8 Å². The van der Waals surface area contributed by atoms with Gasteiger partial charge in [-0.15, -0.1) is 10.2 Å². The van der Waals surface area contributed by atoms with Gasteiger partial charge in [-0.2, -0.15) is 0 Å². The highest BCUT2D eigenvalue weighted by Gasteiger charge is 2.12. The van der Waals surface area contributed by atoms with E-state index < -0.39 is 0 Å². The van der Waals surface area contributed by atoms with Crippen molar-refractivity contribution in [3.05, 3.63) is 71.6 Å². The second-order valence-corrected chi connectivity index (χ2v) is 7.58. The van der Waals surface area contributed by atoms with E-state index in [-0.39, 0.29) is 17.7 Å². The van der Waals surface area contributed by atoms with Crippen molar-refractivity contribution in [1.82, 2.24) is 15.5 Å². The van der Waals surface area contributed by atoms with Crippen molar-refractivity contribution < 1.29 is 13.9 Å². The molecule has 2 aromatic carbocycles. The van der Waals surface area contributed by atoms with Crippen molar-refractivity contribution in [2.45, 2.75) is 37.5 Å². The number of aryl methyl sites for hydroxylation is 2. The molecule has 0 bridgehead atoms. The zero-order chi connectivity index (χ0) is 20.5. The highest BCUT2D eigenvalue weighted by molar-refractivity contribution is 7.99. The number of hydrogen-bond donors (Lipinski definition) is 1. The molecular weight excluding hydrogens is 386 g/mol. The van der Waals surface area contributed by atoms with Crippen LogP contribution in [0.5, 0.6) is 5.75 Å². The zero-order valence-electron chi connectivity index (χ0n) is 16.6. The largest absolute Gasteiger partial charge is 0.497 e. The van der Waals surface area contributed by atoms with Crippen LogP contribution in [0.2, 0.25) is 0 Å². The average molecular weight is 412 g/mol. The second-order valence-electron chi connectivity index (χ2n) is 6.65. The number of nitrogens with zero attached hydrogens (tertiary/aromatic N) is 2. The Morgan fingerprint density at radius 3 is 2.59 bits per heavy atom. The number of carbonyl (C=O) groups excluding carboxylic acids is 1. The first-order valence-electron chi connectivity index (χ1n) is 9.56. The molecule has 0 aliphatic heterocycles. The number of ether oxygens (including phenoxy) is 1. The fourth-order valence-corrected chi connectivity index (χ4v) is 3.46. The van der Waals surface area contributed by atoms with E-state index in [1.54, 1.807) is 7.11 Å². The smallest absolute Gasteiger partial charge is 0.277 e. The van der Waals surface area contributed by atoms with Crippen LogP contribution in [0.1, 0.15) is 36.4 Å². The number of rotatable bonds is 10. The lowest BCUT2D eigenvalue weighted by atomic mass is 10.1. The molecule has 0 unspecified atom stereocenters. The number of benzene rings is 2. The molecule has 152 valence electrons. The molecule has 1 N–H and O–H groups in total. The van der Waals surface area contributed by atoms with E-state index in [2.05, 4.69) is 27.6 Å². The minimum absolute atomic E-state index is 0.0412. The van der Waals surface area contributed by atoms with Gasteiger partial charge in [0.15, 0.2) is 0 Å². The standard InChI is InChI=1S/C22H25N3O3S/c1-16(18-8-4-3-5-9-18)23-20(26)15-29-22-25-24-21(28-22)10-6-7-17-11-13-19(27-2)14-12-17/h3-5,8-9,11-14,16H,6-7,10,15H2,1-2H3,(H,23,26)/t16-/m0/s1. The van der Waals surface area contributed by atoms with Crippen molar-refractivity contribution in [3.8, 4) is 5.75 Å². The van der Waals surface area contributed by atoms with Gasteiger partial charge in [-0.25, -0.2) is 0 Å². The van der Waals surface area contributed by atoms with E-state index in [0.717, 1.165) is 24.2 Å². The van der Waals surface area contributed by atoms with E-state index in [0.29, 0.717) is 17.5 Å². The summed E-state index contributed by atoms with van der Waals surface area (Å²) in [4.78, 5) is 12.2. The first kappa shape index (κ1) is 20.9. The molecule has 0 aliphatic rings. The first-order valence-corrected chi connectivity index (χ1v) is 10.5. The SMILES string of the molecule is COc1ccc(CCCc2nnc(SCC(=O)N[C@@H](C)c3ccccc3)o2)cc1. The summed E-state index contributed by atoms with van der Waals surface area (Å²) in [5.41, 5.74) is 2.31. The van der Waals surface area contributed by atoms with Crippen LogP contribution >= 0.6 is 11.8 Å². The van der Waals surface area contributed by atoms with E-state index >= 15 is 0 Å². The van der Waals surface area contributed by atoms with Gasteiger partial charge in [0.25, 0.3) is 5.22 Å². The molecule has 1 amide bonds. The van der Waals surface area contributed by atoms with E-state index in [1.807, 2.05) is 49.4 Å². The highest BCUT2D eigenvalue weighted by Crippen LogP contribution is 2.18. The predicted molar refractivity (Wildman–Crippen MR) is 113 cm³/mol. The van der Waals surface area contributed by atoms with Crippen molar-refractivity contribution in [1.29, 1.82) is 0 Å². The molecule has 0 saturated heterocycles. The third kappa shape index (κ3) is 6.64. The number of methoxy groups -OCH3 is 1. The molecule has 0 spiro atoms. The minimum Gasteiger partial charge on any atom is -0.497 e. The fraction of sp³-hybridized carbons (Fsp3) is 0.318. The quantitative estimate of drug-likeness (QED) is 0.503. The lowest BCUT2D eigenvalue weighted by Crippen LogP contribution is -2.28. The average Bonchev–Trinajstić information content (AvgIpc) is 3.21. The van der Waals surface area contributed by atoms with Crippen LogP contribution in [-0.4, -0.2) is 29.0 Å². The van der Waals surface area contributed by atoms with Crippen LogP contribution in [0, 0.1) is 0 Å². The highest BCUT2D eigenvalue weighted by atomic mass is 32.2. The third-order valence-corrected chi connectivity index (χ3v) is 5.29. The van der Waals surface area contributed by atoms with Gasteiger partial charge in [-0.05, 0) is 43.0 Å². The Hall–Kier alpha value is -2.80. The number of aromatic nitrogens is 2. The van der Waals surface area contributed by atoms with Crippen LogP contribution in [0.25, 0.3) is 0 Å². The van der Waals surface area contributed by atoms with E-state index in [4.69, 9.17) is 9.15 Å². The Balaban J connectivity index is 1.38. The molecule has 1 atom stereocenters.